The van der Waals surface area contributed by atoms with Crippen LogP contribution in [0.1, 0.15) is 19.4 Å². The molecule has 2 aromatic rings. The monoisotopic (exact) mass is 321 g/mol. The third kappa shape index (κ3) is 2.89. The number of ether oxygens (including phenoxy) is 1. The van der Waals surface area contributed by atoms with E-state index in [1.54, 1.807) is 13.0 Å². The van der Waals surface area contributed by atoms with Crippen molar-refractivity contribution in [3.63, 3.8) is 0 Å². The van der Waals surface area contributed by atoms with E-state index in [9.17, 15) is 4.79 Å². The zero-order valence-electron chi connectivity index (χ0n) is 11.0. The van der Waals surface area contributed by atoms with Crippen LogP contribution in [0.15, 0.2) is 34.9 Å². The maximum atomic E-state index is 11.4. The highest BCUT2D eigenvalue weighted by Gasteiger charge is 2.08. The van der Waals surface area contributed by atoms with Crippen molar-refractivity contribution in [3.05, 3.63) is 40.5 Å². The number of halogens is 1. The lowest BCUT2D eigenvalue weighted by Gasteiger charge is -2.01. The van der Waals surface area contributed by atoms with Crippen LogP contribution < -0.4 is 0 Å². The van der Waals surface area contributed by atoms with Crippen LogP contribution in [0.25, 0.3) is 17.0 Å². The predicted octanol–water partition coefficient (Wildman–Crippen LogP) is 4.00. The first-order chi connectivity index (χ1) is 9.17. The molecule has 1 aromatic heterocycles. The number of aryl methyl sites for hydroxylation is 1. The minimum atomic E-state index is -0.310. The van der Waals surface area contributed by atoms with Gasteiger partial charge in [0.2, 0.25) is 0 Å². The summed E-state index contributed by atoms with van der Waals surface area (Å²) in [5.74, 6) is -0.310. The Labute approximate surface area is 121 Å². The van der Waals surface area contributed by atoms with Crippen molar-refractivity contribution < 1.29 is 9.53 Å². The Kier molecular flexibility index (Phi) is 4.43. The van der Waals surface area contributed by atoms with Crippen molar-refractivity contribution >= 4 is 38.9 Å². The summed E-state index contributed by atoms with van der Waals surface area (Å²) < 4.78 is 8.11. The molecule has 3 nitrogen and oxygen atoms in total. The molecular weight excluding hydrogens is 306 g/mol. The van der Waals surface area contributed by atoms with E-state index in [4.69, 9.17) is 4.74 Å². The average molecular weight is 322 g/mol. The average Bonchev–Trinajstić information content (AvgIpc) is 2.76. The Balaban J connectivity index is 2.44. The number of hydrogen-bond donors (Lipinski definition) is 0. The van der Waals surface area contributed by atoms with Gasteiger partial charge in [0.05, 0.1) is 12.1 Å². The van der Waals surface area contributed by atoms with Gasteiger partial charge in [-0.15, -0.1) is 0 Å². The van der Waals surface area contributed by atoms with Crippen LogP contribution in [0.4, 0.5) is 0 Å². The molecule has 19 heavy (non-hydrogen) atoms. The van der Waals surface area contributed by atoms with Crippen molar-refractivity contribution in [1.82, 2.24) is 4.57 Å². The molecule has 0 saturated carbocycles. The third-order valence-electron chi connectivity index (χ3n) is 2.91. The lowest BCUT2D eigenvalue weighted by atomic mass is 10.1. The molecule has 0 aliphatic rings. The normalized spacial score (nSPS) is 11.3. The highest BCUT2D eigenvalue weighted by atomic mass is 79.9. The lowest BCUT2D eigenvalue weighted by molar-refractivity contribution is -0.137. The van der Waals surface area contributed by atoms with Crippen molar-refractivity contribution in [2.75, 3.05) is 6.61 Å². The largest absolute Gasteiger partial charge is 0.463 e. The molecule has 0 spiro atoms. The molecule has 0 saturated heterocycles. The first-order valence-electron chi connectivity index (χ1n) is 6.29. The summed E-state index contributed by atoms with van der Waals surface area (Å²) in [5.41, 5.74) is 2.17. The van der Waals surface area contributed by atoms with E-state index in [0.717, 1.165) is 27.5 Å². The van der Waals surface area contributed by atoms with Gasteiger partial charge in [0.15, 0.2) is 0 Å². The minimum absolute atomic E-state index is 0.310. The fourth-order valence-corrected chi connectivity index (χ4v) is 2.67. The summed E-state index contributed by atoms with van der Waals surface area (Å²) in [6, 6.07) is 6.07. The van der Waals surface area contributed by atoms with Gasteiger partial charge in [-0.05, 0) is 41.9 Å². The Morgan fingerprint density at radius 1 is 1.42 bits per heavy atom. The second-order valence-electron chi connectivity index (χ2n) is 4.09. The molecule has 0 atom stereocenters. The van der Waals surface area contributed by atoms with Crippen molar-refractivity contribution in [2.24, 2.45) is 0 Å². The standard InChI is InChI=1S/C15H16BrNO2/c1-3-17-10-11(8-9-14(18)19-4-2)12-6-5-7-13(16)15(12)17/h5-10H,3-4H2,1-2H3/b9-8+. The first-order valence-corrected chi connectivity index (χ1v) is 7.08. The SMILES string of the molecule is CCOC(=O)/C=C/c1cn(CC)c2c(Br)cccc12. The van der Waals surface area contributed by atoms with Crippen LogP contribution in [0.2, 0.25) is 0 Å². The number of fused-ring (bicyclic) bond motifs is 1. The minimum Gasteiger partial charge on any atom is -0.463 e. The number of benzene rings is 1. The molecule has 0 amide bonds. The van der Waals surface area contributed by atoms with E-state index in [2.05, 4.69) is 33.5 Å². The number of para-hydroxylation sites is 1. The van der Waals surface area contributed by atoms with Crippen LogP contribution in [-0.2, 0) is 16.1 Å². The Morgan fingerprint density at radius 3 is 2.89 bits per heavy atom. The number of carbonyl (C=O) groups is 1. The second kappa shape index (κ2) is 6.06. The molecule has 4 heteroatoms. The van der Waals surface area contributed by atoms with Gasteiger partial charge in [0, 0.05) is 34.2 Å². The van der Waals surface area contributed by atoms with Crippen LogP contribution >= 0.6 is 15.9 Å². The molecule has 0 N–H and O–H groups in total. The zero-order chi connectivity index (χ0) is 13.8. The molecule has 0 aliphatic carbocycles. The molecule has 0 bridgehead atoms. The fraction of sp³-hybridized carbons (Fsp3) is 0.267. The molecule has 0 radical (unpaired) electrons. The number of nitrogens with zero attached hydrogens (tertiary/aromatic N) is 1. The summed E-state index contributed by atoms with van der Waals surface area (Å²) in [7, 11) is 0. The number of rotatable bonds is 4. The molecule has 0 aliphatic heterocycles. The zero-order valence-corrected chi connectivity index (χ0v) is 12.6. The van der Waals surface area contributed by atoms with Crippen LogP contribution in [0, 0.1) is 0 Å². The summed E-state index contributed by atoms with van der Waals surface area (Å²) in [6.45, 7) is 5.17. The van der Waals surface area contributed by atoms with E-state index in [-0.39, 0.29) is 5.97 Å². The lowest BCUT2D eigenvalue weighted by Crippen LogP contribution is -1.98. The van der Waals surface area contributed by atoms with Gasteiger partial charge in [-0.3, -0.25) is 0 Å². The Morgan fingerprint density at radius 2 is 2.21 bits per heavy atom. The van der Waals surface area contributed by atoms with E-state index < -0.39 is 0 Å². The fourth-order valence-electron chi connectivity index (χ4n) is 2.07. The quantitative estimate of drug-likeness (QED) is 0.629. The third-order valence-corrected chi connectivity index (χ3v) is 3.55. The summed E-state index contributed by atoms with van der Waals surface area (Å²) in [4.78, 5) is 11.4. The predicted molar refractivity (Wildman–Crippen MR) is 81.0 cm³/mol. The second-order valence-corrected chi connectivity index (χ2v) is 4.95. The maximum absolute atomic E-state index is 11.4. The van der Waals surface area contributed by atoms with Gasteiger partial charge in [-0.1, -0.05) is 12.1 Å². The van der Waals surface area contributed by atoms with Gasteiger partial charge in [-0.2, -0.15) is 0 Å². The number of hydrogen-bond acceptors (Lipinski definition) is 2. The topological polar surface area (TPSA) is 31.2 Å². The molecule has 2 rings (SSSR count). The van der Waals surface area contributed by atoms with Crippen molar-refractivity contribution in [3.8, 4) is 0 Å². The Hall–Kier alpha value is -1.55. The van der Waals surface area contributed by atoms with Crippen molar-refractivity contribution in [1.29, 1.82) is 0 Å². The van der Waals surface area contributed by atoms with Gasteiger partial charge < -0.3 is 9.30 Å². The van der Waals surface area contributed by atoms with Gasteiger partial charge >= 0.3 is 5.97 Å². The van der Waals surface area contributed by atoms with E-state index >= 15 is 0 Å². The first kappa shape index (κ1) is 13.9. The van der Waals surface area contributed by atoms with Crippen LogP contribution in [0.3, 0.4) is 0 Å². The summed E-state index contributed by atoms with van der Waals surface area (Å²) in [6.07, 6.45) is 5.32. The van der Waals surface area contributed by atoms with E-state index in [1.165, 1.54) is 6.08 Å². The molecule has 100 valence electrons. The molecule has 0 unspecified atom stereocenters. The van der Waals surface area contributed by atoms with Crippen molar-refractivity contribution in [2.45, 2.75) is 20.4 Å². The summed E-state index contributed by atoms with van der Waals surface area (Å²) in [5, 5.41) is 1.12. The maximum Gasteiger partial charge on any atom is 0.330 e. The molecule has 0 fully saturated rings. The number of carbonyl (C=O) groups excluding carboxylic acids is 1. The highest BCUT2D eigenvalue weighted by Crippen LogP contribution is 2.29. The van der Waals surface area contributed by atoms with E-state index in [1.807, 2.05) is 18.3 Å². The highest BCUT2D eigenvalue weighted by molar-refractivity contribution is 9.10. The molecule has 1 aromatic carbocycles. The summed E-state index contributed by atoms with van der Waals surface area (Å²) >= 11 is 3.57. The van der Waals surface area contributed by atoms with E-state index in [0.29, 0.717) is 6.61 Å². The van der Waals surface area contributed by atoms with Gasteiger partial charge in [-0.25, -0.2) is 4.79 Å². The molecule has 1 heterocycles. The van der Waals surface area contributed by atoms with Crippen LogP contribution in [0.5, 0.6) is 0 Å². The van der Waals surface area contributed by atoms with Gasteiger partial charge in [0.25, 0.3) is 0 Å². The smallest absolute Gasteiger partial charge is 0.330 e. The van der Waals surface area contributed by atoms with Gasteiger partial charge in [0.1, 0.15) is 0 Å². The number of aromatic nitrogens is 1. The molecular formula is C15H16BrNO2. The van der Waals surface area contributed by atoms with Crippen LogP contribution in [-0.4, -0.2) is 17.1 Å². The number of esters is 1. The Bertz CT molecular complexity index is 628.